The van der Waals surface area contributed by atoms with Crippen molar-refractivity contribution in [3.63, 3.8) is 0 Å². The fraction of sp³-hybridized carbons (Fsp3) is 0.800. The van der Waals surface area contributed by atoms with Crippen molar-refractivity contribution in [2.75, 3.05) is 26.7 Å². The van der Waals surface area contributed by atoms with Gasteiger partial charge >= 0.3 is 0 Å². The van der Waals surface area contributed by atoms with Crippen LogP contribution in [0.25, 0.3) is 0 Å². The maximum absolute atomic E-state index is 8.33. The van der Waals surface area contributed by atoms with Crippen LogP contribution in [0.2, 0.25) is 0 Å². The molecule has 0 aliphatic carbocycles. The topological polar surface area (TPSA) is 63.2 Å². The van der Waals surface area contributed by atoms with Gasteiger partial charge in [-0.1, -0.05) is 0 Å². The number of rotatable bonds is 0. The molecule has 3 nitrogen and oxygen atoms in total. The van der Waals surface area contributed by atoms with Crippen molar-refractivity contribution in [3.8, 4) is 0 Å². The molecule has 0 spiro atoms. The van der Waals surface area contributed by atoms with E-state index in [1.165, 1.54) is 0 Å². The first-order valence-corrected chi connectivity index (χ1v) is 5.98. The number of carbonyl (C=O) groups is 1. The van der Waals surface area contributed by atoms with Crippen LogP contribution in [-0.4, -0.2) is 32.8 Å². The van der Waals surface area contributed by atoms with E-state index < -0.39 is 6.16 Å². The van der Waals surface area contributed by atoms with Crippen LogP contribution in [0.4, 0.5) is 4.79 Å². The molecule has 0 aromatic rings. The molecule has 0 radical (unpaired) electrons. The molecule has 0 unspecified atom stereocenters. The summed E-state index contributed by atoms with van der Waals surface area (Å²) in [6.07, 6.45) is -2.33. The van der Waals surface area contributed by atoms with E-state index in [-0.39, 0.29) is 7.26 Å². The molecule has 4 heteroatoms. The molecule has 0 atom stereocenters. The van der Waals surface area contributed by atoms with Crippen molar-refractivity contribution in [1.29, 1.82) is 0 Å². The van der Waals surface area contributed by atoms with Gasteiger partial charge in [-0.3, -0.25) is 0 Å². The lowest BCUT2D eigenvalue weighted by atomic mass is 11.5. The van der Waals surface area contributed by atoms with Gasteiger partial charge in [-0.2, -0.15) is 0 Å². The van der Waals surface area contributed by atoms with Crippen molar-refractivity contribution in [3.05, 3.63) is 0 Å². The molecule has 0 amide bonds. The quantitative estimate of drug-likeness (QED) is 0.420. The summed E-state index contributed by atoms with van der Waals surface area (Å²) in [5.41, 5.74) is 0. The van der Waals surface area contributed by atoms with Gasteiger partial charge in [0.15, 0.2) is 0 Å². The molecule has 0 heterocycles. The van der Waals surface area contributed by atoms with E-state index >= 15 is 0 Å². The first kappa shape index (κ1) is 11.5. The number of hydrogen-bond acceptors (Lipinski definition) is 3. The molecule has 0 saturated carbocycles. The largest absolute Gasteiger partial charge is 0.652 e. The van der Waals surface area contributed by atoms with Crippen LogP contribution in [0.3, 0.4) is 0 Å². The molecule has 9 heavy (non-hydrogen) atoms. The maximum atomic E-state index is 8.33. The number of carbonyl (C=O) groups excluding carboxylic acids is 1. The van der Waals surface area contributed by atoms with Gasteiger partial charge < -0.3 is 15.0 Å². The molecule has 0 aromatic carbocycles. The summed E-state index contributed by atoms with van der Waals surface area (Å²) >= 11 is 0. The summed E-state index contributed by atoms with van der Waals surface area (Å²) in [7, 11) is -0.389. The van der Waals surface area contributed by atoms with Gasteiger partial charge in [-0.15, -0.1) is 0 Å². The van der Waals surface area contributed by atoms with Crippen LogP contribution in [0, 0.1) is 0 Å². The second-order valence-corrected chi connectivity index (χ2v) is 8.30. The molecule has 0 rings (SSSR count). The van der Waals surface area contributed by atoms with E-state index in [1.54, 1.807) is 0 Å². The Morgan fingerprint density at radius 2 is 1.11 bits per heavy atom. The fourth-order valence-corrected chi connectivity index (χ4v) is 0. The molecule has 0 bridgehead atoms. The van der Waals surface area contributed by atoms with Crippen molar-refractivity contribution in [2.45, 2.75) is 0 Å². The van der Waals surface area contributed by atoms with Crippen molar-refractivity contribution in [1.82, 2.24) is 0 Å². The van der Waals surface area contributed by atoms with Crippen molar-refractivity contribution in [2.24, 2.45) is 0 Å². The van der Waals surface area contributed by atoms with Gasteiger partial charge in [0.2, 0.25) is 0 Å². The highest BCUT2D eigenvalue weighted by Gasteiger charge is 2.03. The molecule has 0 saturated heterocycles. The Hall–Kier alpha value is -0.300. The van der Waals surface area contributed by atoms with Gasteiger partial charge in [-0.25, -0.2) is 0 Å². The standard InChI is InChI=1S/C4H12P.CH2O3/c1-5(2,3)4;2-1(3)4/h1-4H3;(H2,2,3,4)/q+1;/p-2. The SMILES string of the molecule is C[P+](C)(C)C.O=C([O-])[O-]. The summed E-state index contributed by atoms with van der Waals surface area (Å²) in [6, 6.07) is 0. The minimum atomic E-state index is -2.33. The smallest absolute Gasteiger partial charge is 0.0481 e. The van der Waals surface area contributed by atoms with Crippen LogP contribution < -0.4 is 10.2 Å². The Morgan fingerprint density at radius 3 is 1.11 bits per heavy atom. The zero-order valence-corrected chi connectivity index (χ0v) is 7.07. The molecule has 0 fully saturated rings. The molecule has 0 aliphatic rings. The zero-order chi connectivity index (χ0) is 8.08. The first-order valence-electron chi connectivity index (χ1n) is 2.40. The van der Waals surface area contributed by atoms with Gasteiger partial charge in [-0.05, 0) is 6.16 Å². The third-order valence-electron chi connectivity index (χ3n) is 0. The van der Waals surface area contributed by atoms with Gasteiger partial charge in [0, 0.05) is 33.9 Å². The predicted molar refractivity (Wildman–Crippen MR) is 36.0 cm³/mol. The minimum absolute atomic E-state index is 0.389. The summed E-state index contributed by atoms with van der Waals surface area (Å²) in [5, 5.41) is 16.7. The van der Waals surface area contributed by atoms with Crippen LogP contribution in [-0.2, 0) is 0 Å². The lowest BCUT2D eigenvalue weighted by Crippen LogP contribution is -2.37. The molecule has 0 aliphatic heterocycles. The van der Waals surface area contributed by atoms with E-state index in [2.05, 4.69) is 26.7 Å². The Labute approximate surface area is 56.0 Å². The average molecular weight is 151 g/mol. The lowest BCUT2D eigenvalue weighted by molar-refractivity contribution is -0.415. The van der Waals surface area contributed by atoms with Crippen molar-refractivity contribution < 1.29 is 15.0 Å². The molecule has 0 aromatic heterocycles. The first-order chi connectivity index (χ1) is 3.73. The van der Waals surface area contributed by atoms with Gasteiger partial charge in [0.25, 0.3) is 0 Å². The second-order valence-electron chi connectivity index (χ2n) is 2.93. The lowest BCUT2D eigenvalue weighted by Gasteiger charge is -1.97. The van der Waals surface area contributed by atoms with Gasteiger partial charge in [0.05, 0.1) is 0 Å². The molecule has 56 valence electrons. The van der Waals surface area contributed by atoms with Crippen LogP contribution in [0.5, 0.6) is 0 Å². The Kier molecular flexibility index (Phi) is 5.83. The maximum Gasteiger partial charge on any atom is 0.0481 e. The highest BCUT2D eigenvalue weighted by atomic mass is 31.2. The van der Waals surface area contributed by atoms with E-state index in [9.17, 15) is 0 Å². The highest BCUT2D eigenvalue weighted by molar-refractivity contribution is 7.72. The predicted octanol–water partition coefficient (Wildman–Crippen LogP) is -0.924. The third kappa shape index (κ3) is 2780. The molecular formula is C5H12O3P-. The van der Waals surface area contributed by atoms with Crippen LogP contribution in [0.15, 0.2) is 0 Å². The van der Waals surface area contributed by atoms with Crippen molar-refractivity contribution >= 4 is 13.4 Å². The molecule has 0 N–H and O–H groups in total. The summed E-state index contributed by atoms with van der Waals surface area (Å²) < 4.78 is 0. The van der Waals surface area contributed by atoms with Crippen LogP contribution in [0.1, 0.15) is 0 Å². The zero-order valence-electron chi connectivity index (χ0n) is 6.17. The molecular weight excluding hydrogens is 139 g/mol. The minimum Gasteiger partial charge on any atom is -0.652 e. The van der Waals surface area contributed by atoms with E-state index in [0.717, 1.165) is 0 Å². The summed E-state index contributed by atoms with van der Waals surface area (Å²) in [5.74, 6) is 0. The summed E-state index contributed by atoms with van der Waals surface area (Å²) in [6.45, 7) is 9.19. The summed E-state index contributed by atoms with van der Waals surface area (Å²) in [4.78, 5) is 8.33. The normalized spacial score (nSPS) is 9.33. The van der Waals surface area contributed by atoms with E-state index in [4.69, 9.17) is 15.0 Å². The Bertz CT molecular complexity index is 74.7. The highest BCUT2D eigenvalue weighted by Crippen LogP contribution is 2.40. The monoisotopic (exact) mass is 151 g/mol. The number of hydrogen-bond donors (Lipinski definition) is 0. The van der Waals surface area contributed by atoms with E-state index in [0.29, 0.717) is 0 Å². The Balaban J connectivity index is 0. The fourth-order valence-electron chi connectivity index (χ4n) is 0. The Morgan fingerprint density at radius 1 is 1.11 bits per heavy atom. The second kappa shape index (κ2) is 4.57. The van der Waals surface area contributed by atoms with Gasteiger partial charge in [0.1, 0.15) is 0 Å². The third-order valence-corrected chi connectivity index (χ3v) is 0. The van der Waals surface area contributed by atoms with Crippen LogP contribution >= 0.6 is 7.26 Å². The average Bonchev–Trinajstić information content (AvgIpc) is 1.19. The van der Waals surface area contributed by atoms with E-state index in [1.807, 2.05) is 0 Å². The number of carboxylic acid groups (broad SMARTS) is 2.